The maximum Gasteiger partial charge on any atom is 0.187 e. The van der Waals surface area contributed by atoms with Crippen LogP contribution in [-0.4, -0.2) is 348 Å². The highest BCUT2D eigenvalue weighted by molar-refractivity contribution is 5.05. The predicted molar refractivity (Wildman–Crippen MR) is 222 cm³/mol. The molecule has 33 nitrogen and oxygen atoms in total. The first-order chi connectivity index (χ1) is 36.0. The van der Waals surface area contributed by atoms with E-state index in [4.69, 9.17) is 75.8 Å². The minimum absolute atomic E-state index is 0.832. The quantitative estimate of drug-likeness (QED) is 0.113. The van der Waals surface area contributed by atoms with Gasteiger partial charge in [-0.3, -0.25) is 0 Å². The van der Waals surface area contributed by atoms with Crippen molar-refractivity contribution in [2.24, 2.45) is 0 Å². The minimum atomic E-state index is -2.14. The highest BCUT2D eigenvalue weighted by Crippen LogP contribution is 2.43. The summed E-state index contributed by atoms with van der Waals surface area (Å²) >= 11 is 0. The smallest absolute Gasteiger partial charge is 0.187 e. The van der Waals surface area contributed by atoms with Crippen molar-refractivity contribution in [1.29, 1.82) is 0 Å². The fraction of sp³-hybridized carbons (Fsp3) is 1.00. The van der Waals surface area contributed by atoms with Crippen molar-refractivity contribution < 1.29 is 163 Å². The van der Waals surface area contributed by atoms with Gasteiger partial charge in [-0.15, -0.1) is 0 Å². The zero-order chi connectivity index (χ0) is 53.5. The second kappa shape index (κ2) is 23.3. The van der Waals surface area contributed by atoms with E-state index >= 15 is 0 Å². The van der Waals surface area contributed by atoms with Crippen LogP contribution >= 0.6 is 0 Å². The van der Waals surface area contributed by atoms with Gasteiger partial charge in [0.15, 0.2) is 44.0 Å². The average molecular weight is 1100 g/mol. The molecule has 0 saturated carbocycles. The van der Waals surface area contributed by atoms with Crippen LogP contribution in [0, 0.1) is 0 Å². The molecule has 35 atom stereocenters. The van der Waals surface area contributed by atoms with Gasteiger partial charge in [0.2, 0.25) is 0 Å². The predicted octanol–water partition coefficient (Wildman–Crippen LogP) is -13.1. The SMILES string of the molecule is OC[C@H]1O[C@@H]2O[C@H]3[C@H](O)[C@H]4O[C@@H]5[C@@H](O)[C@@H](O[C@H]6[C@H](O)[C@@H](O)[C@@H](O[C@H]7[C@H](O)[C@H]8O[C@@H]9[C@@H](O)[C@@H](O[C@H]%10[C@H](O)[C@@H](O)[C@@H](O[C@H]1[C@H](O)[C@H]2O)O[C@@H]%10CO)O[C@H](CO)[C@H]9O[C@H]8O[C@@H]7CO)O[C@@H]6CO)O[C@H](CO)[C@H]5O[C@H]4O[C@@H]3CO. The fourth-order valence-electron chi connectivity index (χ4n) is 11.3. The summed E-state index contributed by atoms with van der Waals surface area (Å²) in [6.07, 6.45) is -62.0. The topological polar surface area (TPSA) is 492 Å². The van der Waals surface area contributed by atoms with Crippen LogP contribution in [0.4, 0.5) is 0 Å². The van der Waals surface area contributed by atoms with Gasteiger partial charge in [-0.05, 0) is 0 Å². The van der Waals surface area contributed by atoms with Gasteiger partial charge in [0.05, 0.1) is 46.2 Å². The molecule has 0 unspecified atom stereocenters. The summed E-state index contributed by atoms with van der Waals surface area (Å²) in [6, 6.07) is 0. The Morgan fingerprint density at radius 1 is 0.160 bits per heavy atom. The molecule has 15 aliphatic rings. The first-order valence-corrected chi connectivity index (χ1v) is 24.5. The normalized spacial score (nSPS) is 57.3. The molecule has 432 valence electrons. The van der Waals surface area contributed by atoms with E-state index in [0.717, 1.165) is 0 Å². The van der Waals surface area contributed by atoms with E-state index in [2.05, 4.69) is 0 Å². The van der Waals surface area contributed by atoms with Crippen molar-refractivity contribution in [3.8, 4) is 0 Å². The maximum absolute atomic E-state index is 11.8. The number of aliphatic hydroxyl groups excluding tert-OH is 17. The van der Waals surface area contributed by atoms with E-state index < -0.39 is 261 Å². The third-order valence-electron chi connectivity index (χ3n) is 15.3. The van der Waals surface area contributed by atoms with E-state index in [9.17, 15) is 86.8 Å². The molecule has 17 N–H and O–H groups in total. The lowest BCUT2D eigenvalue weighted by molar-refractivity contribution is -0.434. The molecule has 0 spiro atoms. The Morgan fingerprint density at radius 3 is 0.613 bits per heavy atom. The third kappa shape index (κ3) is 10.2. The number of ether oxygens (including phenoxy) is 16. The summed E-state index contributed by atoms with van der Waals surface area (Å²) < 4.78 is 94.7. The number of hydrogen-bond donors (Lipinski definition) is 17. The fourth-order valence-corrected chi connectivity index (χ4v) is 11.3. The monoisotopic (exact) mass is 1100 g/mol. The van der Waals surface area contributed by atoms with Crippen molar-refractivity contribution in [2.75, 3.05) is 46.2 Å². The minimum Gasteiger partial charge on any atom is -0.394 e. The highest BCUT2D eigenvalue weighted by atomic mass is 16.8. The van der Waals surface area contributed by atoms with Crippen LogP contribution in [0.25, 0.3) is 0 Å². The van der Waals surface area contributed by atoms with E-state index in [1.54, 1.807) is 0 Å². The summed E-state index contributed by atoms with van der Waals surface area (Å²) in [5.41, 5.74) is 0. The molecule has 15 saturated heterocycles. The maximum atomic E-state index is 11.8. The molecular weight excluding hydrogens is 1030 g/mol. The Morgan fingerprint density at radius 2 is 0.360 bits per heavy atom. The largest absolute Gasteiger partial charge is 0.394 e. The van der Waals surface area contributed by atoms with Crippen molar-refractivity contribution in [2.45, 2.75) is 215 Å². The molecular formula is C42H66O33. The lowest BCUT2D eigenvalue weighted by atomic mass is 9.92. The zero-order valence-electron chi connectivity index (χ0n) is 39.3. The first kappa shape index (κ1) is 56.9. The van der Waals surface area contributed by atoms with Gasteiger partial charge in [-0.1, -0.05) is 0 Å². The van der Waals surface area contributed by atoms with Crippen LogP contribution in [0.15, 0.2) is 0 Å². The first-order valence-electron chi connectivity index (χ1n) is 24.5. The molecule has 15 fully saturated rings. The van der Waals surface area contributed by atoms with Gasteiger partial charge in [0.25, 0.3) is 0 Å². The Hall–Kier alpha value is -1.32. The number of aliphatic hydroxyl groups is 17. The van der Waals surface area contributed by atoms with Gasteiger partial charge in [-0.2, -0.15) is 0 Å². The summed E-state index contributed by atoms with van der Waals surface area (Å²) in [7, 11) is 0. The van der Waals surface area contributed by atoms with Gasteiger partial charge in [0, 0.05) is 0 Å². The lowest BCUT2D eigenvalue weighted by Gasteiger charge is -2.55. The molecule has 15 heterocycles. The molecule has 15 rings (SSSR count). The molecule has 0 aliphatic carbocycles. The molecule has 0 radical (unpaired) electrons. The molecule has 75 heavy (non-hydrogen) atoms. The van der Waals surface area contributed by atoms with E-state index in [-0.39, 0.29) is 0 Å². The Labute approximate surface area is 423 Å². The summed E-state index contributed by atoms with van der Waals surface area (Å²) in [6.45, 7) is -6.36. The Kier molecular flexibility index (Phi) is 17.7. The highest BCUT2D eigenvalue weighted by Gasteiger charge is 2.63. The summed E-state index contributed by atoms with van der Waals surface area (Å²) in [5.74, 6) is 0. The third-order valence-corrected chi connectivity index (χ3v) is 15.3. The van der Waals surface area contributed by atoms with Crippen LogP contribution < -0.4 is 0 Å². The van der Waals surface area contributed by atoms with Gasteiger partial charge in [0.1, 0.15) is 171 Å². The Balaban J connectivity index is 0.966. The van der Waals surface area contributed by atoms with Crippen molar-refractivity contribution >= 4 is 0 Å². The van der Waals surface area contributed by atoms with Crippen molar-refractivity contribution in [3.05, 3.63) is 0 Å². The van der Waals surface area contributed by atoms with E-state index in [0.29, 0.717) is 0 Å². The molecule has 0 amide bonds. The Bertz CT molecular complexity index is 1860. The number of hydrogen-bond acceptors (Lipinski definition) is 33. The van der Waals surface area contributed by atoms with E-state index in [1.807, 2.05) is 0 Å². The van der Waals surface area contributed by atoms with Gasteiger partial charge in [-0.25, -0.2) is 0 Å². The van der Waals surface area contributed by atoms with Crippen LogP contribution in [0.3, 0.4) is 0 Å². The van der Waals surface area contributed by atoms with Crippen molar-refractivity contribution in [1.82, 2.24) is 0 Å². The van der Waals surface area contributed by atoms with Gasteiger partial charge < -0.3 is 163 Å². The molecule has 0 aromatic carbocycles. The van der Waals surface area contributed by atoms with Crippen LogP contribution in [-0.2, 0) is 75.8 Å². The summed E-state index contributed by atoms with van der Waals surface area (Å²) in [5, 5.41) is 189. The molecule has 14 bridgehead atoms. The summed E-state index contributed by atoms with van der Waals surface area (Å²) in [4.78, 5) is 0. The average Bonchev–Trinajstić information content (AvgIpc) is 3.41. The zero-order valence-corrected chi connectivity index (χ0v) is 39.3. The molecule has 33 heteroatoms. The van der Waals surface area contributed by atoms with Crippen LogP contribution in [0.1, 0.15) is 0 Å². The molecule has 0 aromatic rings. The molecule has 0 aromatic heterocycles. The van der Waals surface area contributed by atoms with Gasteiger partial charge >= 0.3 is 0 Å². The standard InChI is InChI=1S/C42H66O33/c43-1-8-25-15(50)19(54)37(61-8)72-28-11(4-46)65-41-34(21(28)56)68-33-24(59)40(64-14(7-49)31(33)75-41)71-27-10(3-45)62-38(20(55)17(27)52)73-29-12(5-47)66-42-35(22(29)57)67-32-23(58)39(63-13(6-48)30(32)74-42)70-26-9(2-44)60-36(69-25)18(53)16(26)51/h8-59H,1-7H2/t8-,9-,10-,11-,12-,13-,14-,15-,16-,17-,18-,19-,20-,21+,22+,23-,24-,25-,26-,27-,28-,29-,30-,31-,32-,33-,34-,35-,36-,37-,38-,39-,40-,41-,42-/m1/s1. The van der Waals surface area contributed by atoms with Crippen molar-refractivity contribution in [3.63, 3.8) is 0 Å². The second-order valence-electron chi connectivity index (χ2n) is 19.8. The van der Waals surface area contributed by atoms with Crippen LogP contribution in [0.5, 0.6) is 0 Å². The van der Waals surface area contributed by atoms with Crippen LogP contribution in [0.2, 0.25) is 0 Å². The number of rotatable bonds is 7. The second-order valence-corrected chi connectivity index (χ2v) is 19.8. The lowest BCUT2D eigenvalue weighted by Crippen LogP contribution is -2.73. The molecule has 15 aliphatic heterocycles. The van der Waals surface area contributed by atoms with E-state index in [1.165, 1.54) is 0 Å².